The molecule has 0 aliphatic rings. The molecule has 0 saturated heterocycles. The molecule has 0 aliphatic heterocycles. The number of para-hydroxylation sites is 1. The number of amides is 2. The molecule has 6 heteroatoms. The van der Waals surface area contributed by atoms with Crippen LogP contribution in [0.15, 0.2) is 18.2 Å². The number of halogens is 1. The van der Waals surface area contributed by atoms with E-state index in [1.165, 1.54) is 9.96 Å². The second-order valence-corrected chi connectivity index (χ2v) is 5.32. The molecule has 0 heterocycles. The molecule has 0 radical (unpaired) electrons. The highest BCUT2D eigenvalue weighted by molar-refractivity contribution is 6.29. The number of hydroxylamine groups is 2. The zero-order valence-corrected chi connectivity index (χ0v) is 15.0. The lowest BCUT2D eigenvalue weighted by Crippen LogP contribution is -2.44. The number of carbonyl (C=O) groups is 2. The van der Waals surface area contributed by atoms with Crippen LogP contribution in [0.2, 0.25) is 0 Å². The van der Waals surface area contributed by atoms with Crippen LogP contribution in [0.5, 0.6) is 0 Å². The first kappa shape index (κ1) is 19.5. The van der Waals surface area contributed by atoms with Gasteiger partial charge in [0.2, 0.25) is 5.91 Å². The molecular formula is C17H25ClN2O3. The van der Waals surface area contributed by atoms with Crippen LogP contribution in [0.25, 0.3) is 0 Å². The van der Waals surface area contributed by atoms with Gasteiger partial charge in [-0.15, -0.1) is 11.6 Å². The summed E-state index contributed by atoms with van der Waals surface area (Å²) >= 11 is 5.76. The minimum Gasteiger partial charge on any atom is -0.301 e. The fourth-order valence-corrected chi connectivity index (χ4v) is 2.61. The number of aryl methyl sites for hydroxylation is 2. The zero-order chi connectivity index (χ0) is 17.4. The van der Waals surface area contributed by atoms with Gasteiger partial charge in [0.05, 0.1) is 12.3 Å². The van der Waals surface area contributed by atoms with Crippen molar-refractivity contribution < 1.29 is 14.4 Å². The maximum atomic E-state index is 12.4. The molecule has 23 heavy (non-hydrogen) atoms. The van der Waals surface area contributed by atoms with Crippen LogP contribution in [-0.2, 0) is 20.8 Å². The van der Waals surface area contributed by atoms with Gasteiger partial charge in [-0.25, -0.2) is 5.06 Å². The average Bonchev–Trinajstić information content (AvgIpc) is 2.56. The van der Waals surface area contributed by atoms with Crippen molar-refractivity contribution >= 4 is 29.1 Å². The third kappa shape index (κ3) is 4.94. The van der Waals surface area contributed by atoms with E-state index in [9.17, 15) is 9.59 Å². The zero-order valence-electron chi connectivity index (χ0n) is 14.3. The Hall–Kier alpha value is -1.59. The Morgan fingerprint density at radius 2 is 1.87 bits per heavy atom. The lowest BCUT2D eigenvalue weighted by Gasteiger charge is -2.28. The van der Waals surface area contributed by atoms with E-state index in [0.29, 0.717) is 13.2 Å². The maximum absolute atomic E-state index is 12.4. The van der Waals surface area contributed by atoms with E-state index < -0.39 is 0 Å². The quantitative estimate of drug-likeness (QED) is 0.540. The number of alkyl halides is 1. The summed E-state index contributed by atoms with van der Waals surface area (Å²) in [6.07, 6.45) is 0.764. The molecule has 0 spiro atoms. The Bertz CT molecular complexity index is 549. The summed E-state index contributed by atoms with van der Waals surface area (Å²) in [6.45, 7) is 8.31. The predicted molar refractivity (Wildman–Crippen MR) is 92.6 cm³/mol. The van der Waals surface area contributed by atoms with Gasteiger partial charge in [0.1, 0.15) is 12.4 Å². The van der Waals surface area contributed by atoms with Crippen LogP contribution in [0.4, 0.5) is 5.69 Å². The SMILES string of the molecule is CCON(CC)C(=O)CN(C(=O)CCl)c1c(C)cccc1CC. The van der Waals surface area contributed by atoms with Crippen LogP contribution in [-0.4, -0.2) is 42.5 Å². The van der Waals surface area contributed by atoms with Crippen molar-refractivity contribution in [1.29, 1.82) is 0 Å². The van der Waals surface area contributed by atoms with Gasteiger partial charge in [0.15, 0.2) is 0 Å². The van der Waals surface area contributed by atoms with Crippen LogP contribution >= 0.6 is 11.6 Å². The second kappa shape index (κ2) is 9.53. The van der Waals surface area contributed by atoms with Gasteiger partial charge in [0.25, 0.3) is 5.91 Å². The molecule has 1 aromatic rings. The predicted octanol–water partition coefficient (Wildman–Crippen LogP) is 2.93. The molecule has 0 fully saturated rings. The lowest BCUT2D eigenvalue weighted by atomic mass is 10.0. The lowest BCUT2D eigenvalue weighted by molar-refractivity contribution is -0.182. The molecule has 0 bridgehead atoms. The molecule has 5 nitrogen and oxygen atoms in total. The van der Waals surface area contributed by atoms with E-state index in [1.807, 2.05) is 45.9 Å². The van der Waals surface area contributed by atoms with Crippen LogP contribution in [0.3, 0.4) is 0 Å². The first-order valence-corrected chi connectivity index (χ1v) is 8.41. The van der Waals surface area contributed by atoms with Crippen molar-refractivity contribution in [2.75, 3.05) is 30.5 Å². The summed E-state index contributed by atoms with van der Waals surface area (Å²) < 4.78 is 0. The number of likely N-dealkylation sites (N-methyl/N-ethyl adjacent to an activating group) is 1. The topological polar surface area (TPSA) is 49.9 Å². The molecule has 1 aromatic carbocycles. The second-order valence-electron chi connectivity index (χ2n) is 5.06. The average molecular weight is 341 g/mol. The standard InChI is InChI=1S/C17H25ClN2O3/c1-5-14-10-8-9-13(4)17(14)19(15(21)11-18)12-16(22)20(6-2)23-7-3/h8-10H,5-7,11-12H2,1-4H3. The highest BCUT2D eigenvalue weighted by Crippen LogP contribution is 2.26. The Kier molecular flexibility index (Phi) is 8.06. The van der Waals surface area contributed by atoms with Gasteiger partial charge >= 0.3 is 0 Å². The molecule has 0 aliphatic carbocycles. The first-order chi connectivity index (χ1) is 11.0. The van der Waals surface area contributed by atoms with E-state index in [0.717, 1.165) is 23.2 Å². The van der Waals surface area contributed by atoms with Crippen molar-refractivity contribution in [1.82, 2.24) is 5.06 Å². The fourth-order valence-electron chi connectivity index (χ4n) is 2.46. The molecule has 0 unspecified atom stereocenters. The Labute approximate surface area is 143 Å². The fraction of sp³-hybridized carbons (Fsp3) is 0.529. The van der Waals surface area contributed by atoms with Gasteiger partial charge in [-0.1, -0.05) is 25.1 Å². The van der Waals surface area contributed by atoms with Crippen molar-refractivity contribution in [2.45, 2.75) is 34.1 Å². The molecule has 0 N–H and O–H groups in total. The summed E-state index contributed by atoms with van der Waals surface area (Å²) in [5.41, 5.74) is 2.72. The van der Waals surface area contributed by atoms with Gasteiger partial charge in [-0.05, 0) is 38.3 Å². The maximum Gasteiger partial charge on any atom is 0.266 e. The monoisotopic (exact) mass is 340 g/mol. The molecule has 0 atom stereocenters. The third-order valence-corrected chi connectivity index (χ3v) is 3.76. The smallest absolute Gasteiger partial charge is 0.266 e. The molecule has 1 rings (SSSR count). The van der Waals surface area contributed by atoms with Gasteiger partial charge < -0.3 is 4.90 Å². The Morgan fingerprint density at radius 1 is 1.17 bits per heavy atom. The third-order valence-electron chi connectivity index (χ3n) is 3.53. The minimum atomic E-state index is -0.295. The first-order valence-electron chi connectivity index (χ1n) is 7.88. The van der Waals surface area contributed by atoms with Crippen molar-refractivity contribution in [3.8, 4) is 0 Å². The van der Waals surface area contributed by atoms with E-state index in [4.69, 9.17) is 16.4 Å². The molecule has 0 aromatic heterocycles. The summed E-state index contributed by atoms with van der Waals surface area (Å²) in [7, 11) is 0. The summed E-state index contributed by atoms with van der Waals surface area (Å²) in [4.78, 5) is 31.5. The molecule has 128 valence electrons. The molecule has 2 amide bonds. The summed E-state index contributed by atoms with van der Waals surface area (Å²) in [5.74, 6) is -0.736. The number of hydrogen-bond acceptors (Lipinski definition) is 3. The Balaban J connectivity index is 3.17. The van der Waals surface area contributed by atoms with Crippen LogP contribution in [0.1, 0.15) is 31.9 Å². The number of hydrogen-bond donors (Lipinski definition) is 0. The van der Waals surface area contributed by atoms with E-state index in [1.54, 1.807) is 0 Å². The van der Waals surface area contributed by atoms with Crippen LogP contribution in [0, 0.1) is 6.92 Å². The van der Waals surface area contributed by atoms with Gasteiger partial charge in [-0.3, -0.25) is 14.4 Å². The van der Waals surface area contributed by atoms with Crippen LogP contribution < -0.4 is 4.90 Å². The summed E-state index contributed by atoms with van der Waals surface area (Å²) in [6, 6.07) is 5.83. The molecule has 0 saturated carbocycles. The van der Waals surface area contributed by atoms with Crippen molar-refractivity contribution in [2.24, 2.45) is 0 Å². The van der Waals surface area contributed by atoms with E-state index in [-0.39, 0.29) is 24.2 Å². The van der Waals surface area contributed by atoms with Crippen molar-refractivity contribution in [3.05, 3.63) is 29.3 Å². The Morgan fingerprint density at radius 3 is 2.39 bits per heavy atom. The van der Waals surface area contributed by atoms with E-state index >= 15 is 0 Å². The summed E-state index contributed by atoms with van der Waals surface area (Å²) in [5, 5.41) is 1.28. The minimum absolute atomic E-state index is 0.0861. The number of carbonyl (C=O) groups excluding carboxylic acids is 2. The number of benzene rings is 1. The normalized spacial score (nSPS) is 10.5. The molecular weight excluding hydrogens is 316 g/mol. The number of anilines is 1. The van der Waals surface area contributed by atoms with Gasteiger partial charge in [-0.2, -0.15) is 0 Å². The van der Waals surface area contributed by atoms with Crippen molar-refractivity contribution in [3.63, 3.8) is 0 Å². The van der Waals surface area contributed by atoms with E-state index in [2.05, 4.69) is 0 Å². The number of nitrogens with zero attached hydrogens (tertiary/aromatic N) is 2. The highest BCUT2D eigenvalue weighted by Gasteiger charge is 2.24. The van der Waals surface area contributed by atoms with Gasteiger partial charge in [0, 0.05) is 6.54 Å². The largest absolute Gasteiger partial charge is 0.301 e. The number of rotatable bonds is 8. The highest BCUT2D eigenvalue weighted by atomic mass is 35.5.